The molecule has 0 spiro atoms. The van der Waals surface area contributed by atoms with Crippen LogP contribution in [0.3, 0.4) is 0 Å². The van der Waals surface area contributed by atoms with Crippen molar-refractivity contribution < 1.29 is 4.79 Å². The summed E-state index contributed by atoms with van der Waals surface area (Å²) in [5.41, 5.74) is 0.644. The van der Waals surface area contributed by atoms with Crippen molar-refractivity contribution in [3.8, 4) is 0 Å². The lowest BCUT2D eigenvalue weighted by Crippen LogP contribution is -2.45. The fourth-order valence-corrected chi connectivity index (χ4v) is 2.32. The molecule has 1 aliphatic rings. The molecular formula is C15H20N2OS. The van der Waals surface area contributed by atoms with E-state index in [4.69, 9.17) is 12.2 Å². The monoisotopic (exact) mass is 276 g/mol. The lowest BCUT2D eigenvalue weighted by atomic mass is 10.2. The molecule has 2 rings (SSSR count). The average molecular weight is 276 g/mol. The number of nitrogens with zero attached hydrogens (tertiary/aromatic N) is 1. The summed E-state index contributed by atoms with van der Waals surface area (Å²) in [6.07, 6.45) is 2.35. The Bertz CT molecular complexity index is 454. The van der Waals surface area contributed by atoms with Crippen molar-refractivity contribution in [1.29, 1.82) is 0 Å². The van der Waals surface area contributed by atoms with Crippen molar-refractivity contribution in [2.45, 2.75) is 32.7 Å². The normalized spacial score (nSPS) is 14.3. The van der Waals surface area contributed by atoms with E-state index < -0.39 is 0 Å². The molecule has 1 aromatic rings. The Labute approximate surface area is 120 Å². The predicted octanol–water partition coefficient (Wildman–Crippen LogP) is 2.82. The number of nitrogens with one attached hydrogen (secondary N) is 1. The second kappa shape index (κ2) is 6.15. The van der Waals surface area contributed by atoms with E-state index in [-0.39, 0.29) is 5.91 Å². The number of rotatable bonds is 4. The molecule has 3 nitrogen and oxygen atoms in total. The first-order chi connectivity index (χ1) is 9.08. The zero-order chi connectivity index (χ0) is 13.8. The molecule has 0 heterocycles. The first-order valence-corrected chi connectivity index (χ1v) is 7.15. The van der Waals surface area contributed by atoms with Gasteiger partial charge in [-0.2, -0.15) is 0 Å². The zero-order valence-electron chi connectivity index (χ0n) is 11.4. The second-order valence-electron chi connectivity index (χ2n) is 5.40. The van der Waals surface area contributed by atoms with Gasteiger partial charge in [0.2, 0.25) is 0 Å². The van der Waals surface area contributed by atoms with E-state index in [1.807, 2.05) is 18.2 Å². The van der Waals surface area contributed by atoms with Crippen LogP contribution in [-0.4, -0.2) is 28.5 Å². The number of hydrogen-bond acceptors (Lipinski definition) is 2. The third-order valence-corrected chi connectivity index (χ3v) is 3.40. The molecule has 0 saturated heterocycles. The zero-order valence-corrected chi connectivity index (χ0v) is 12.2. The van der Waals surface area contributed by atoms with Crippen molar-refractivity contribution >= 4 is 23.2 Å². The molecule has 1 fully saturated rings. The van der Waals surface area contributed by atoms with E-state index in [1.165, 1.54) is 12.8 Å². The number of amides is 1. The van der Waals surface area contributed by atoms with Gasteiger partial charge in [0.15, 0.2) is 5.11 Å². The number of benzene rings is 1. The Kier molecular flexibility index (Phi) is 4.53. The molecule has 102 valence electrons. The molecule has 4 heteroatoms. The first kappa shape index (κ1) is 14.0. The lowest BCUT2D eigenvalue weighted by Gasteiger charge is -2.27. The van der Waals surface area contributed by atoms with Gasteiger partial charge >= 0.3 is 0 Å². The predicted molar refractivity (Wildman–Crippen MR) is 81.1 cm³/mol. The number of carbonyl (C=O) groups excluding carboxylic acids is 1. The van der Waals surface area contributed by atoms with Gasteiger partial charge in [-0.1, -0.05) is 32.0 Å². The van der Waals surface area contributed by atoms with Crippen LogP contribution >= 0.6 is 12.2 Å². The van der Waals surface area contributed by atoms with Gasteiger partial charge in [-0.05, 0) is 43.1 Å². The maximum Gasteiger partial charge on any atom is 0.257 e. The quantitative estimate of drug-likeness (QED) is 0.858. The molecule has 1 amide bonds. The van der Waals surface area contributed by atoms with Crippen LogP contribution in [-0.2, 0) is 0 Å². The smallest absolute Gasteiger partial charge is 0.257 e. The highest BCUT2D eigenvalue weighted by Gasteiger charge is 2.31. The highest BCUT2D eigenvalue weighted by Crippen LogP contribution is 2.27. The van der Waals surface area contributed by atoms with Gasteiger partial charge in [-0.15, -0.1) is 0 Å². The SMILES string of the molecule is CC(C)CN(C(=S)NC(=O)c1ccccc1)C1CC1. The summed E-state index contributed by atoms with van der Waals surface area (Å²) in [5.74, 6) is 0.409. The topological polar surface area (TPSA) is 32.3 Å². The lowest BCUT2D eigenvalue weighted by molar-refractivity contribution is 0.0972. The Morgan fingerprint density at radius 3 is 2.53 bits per heavy atom. The molecule has 1 saturated carbocycles. The molecule has 0 aromatic heterocycles. The fraction of sp³-hybridized carbons (Fsp3) is 0.467. The van der Waals surface area contributed by atoms with Crippen LogP contribution in [0.15, 0.2) is 30.3 Å². The van der Waals surface area contributed by atoms with E-state index in [9.17, 15) is 4.79 Å². The molecule has 0 bridgehead atoms. The summed E-state index contributed by atoms with van der Waals surface area (Å²) in [6, 6.07) is 9.70. The van der Waals surface area contributed by atoms with Crippen molar-refractivity contribution in [3.63, 3.8) is 0 Å². The van der Waals surface area contributed by atoms with Crippen molar-refractivity contribution in [2.24, 2.45) is 5.92 Å². The van der Waals surface area contributed by atoms with Crippen LogP contribution in [0.4, 0.5) is 0 Å². The van der Waals surface area contributed by atoms with Crippen LogP contribution < -0.4 is 5.32 Å². The molecule has 1 N–H and O–H groups in total. The van der Waals surface area contributed by atoms with Crippen molar-refractivity contribution in [3.05, 3.63) is 35.9 Å². The van der Waals surface area contributed by atoms with Gasteiger partial charge in [-0.25, -0.2) is 0 Å². The standard InChI is InChI=1S/C15H20N2OS/c1-11(2)10-17(13-8-9-13)15(19)16-14(18)12-6-4-3-5-7-12/h3-7,11,13H,8-10H2,1-2H3,(H,16,18,19). The molecule has 0 aliphatic heterocycles. The molecule has 0 radical (unpaired) electrons. The van der Waals surface area contributed by atoms with Crippen LogP contribution in [0.1, 0.15) is 37.0 Å². The van der Waals surface area contributed by atoms with Crippen molar-refractivity contribution in [1.82, 2.24) is 10.2 Å². The van der Waals surface area contributed by atoms with Crippen LogP contribution in [0, 0.1) is 5.92 Å². The third-order valence-electron chi connectivity index (χ3n) is 3.07. The van der Waals surface area contributed by atoms with Crippen LogP contribution in [0.5, 0.6) is 0 Å². The summed E-state index contributed by atoms with van der Waals surface area (Å²) in [7, 11) is 0. The minimum absolute atomic E-state index is 0.125. The molecular weight excluding hydrogens is 256 g/mol. The Morgan fingerprint density at radius 1 is 1.37 bits per heavy atom. The molecule has 0 atom stereocenters. The minimum atomic E-state index is -0.125. The van der Waals surface area contributed by atoms with Gasteiger partial charge in [0.25, 0.3) is 5.91 Å². The Balaban J connectivity index is 1.97. The number of thiocarbonyl (C=S) groups is 1. The highest BCUT2D eigenvalue weighted by atomic mass is 32.1. The van der Waals surface area contributed by atoms with E-state index >= 15 is 0 Å². The van der Waals surface area contributed by atoms with E-state index in [1.54, 1.807) is 12.1 Å². The molecule has 0 unspecified atom stereocenters. The fourth-order valence-electron chi connectivity index (χ4n) is 2.01. The van der Waals surface area contributed by atoms with E-state index in [2.05, 4.69) is 24.1 Å². The summed E-state index contributed by atoms with van der Waals surface area (Å²) in [5, 5.41) is 3.40. The van der Waals surface area contributed by atoms with E-state index in [0.717, 1.165) is 6.54 Å². The average Bonchev–Trinajstić information content (AvgIpc) is 3.21. The van der Waals surface area contributed by atoms with E-state index in [0.29, 0.717) is 22.6 Å². The Hall–Kier alpha value is -1.42. The Morgan fingerprint density at radius 2 is 2.00 bits per heavy atom. The maximum absolute atomic E-state index is 12.1. The molecule has 1 aliphatic carbocycles. The van der Waals surface area contributed by atoms with Gasteiger partial charge in [0.1, 0.15) is 0 Å². The maximum atomic E-state index is 12.1. The summed E-state index contributed by atoms with van der Waals surface area (Å²) in [4.78, 5) is 14.2. The van der Waals surface area contributed by atoms with Crippen LogP contribution in [0.25, 0.3) is 0 Å². The van der Waals surface area contributed by atoms with Gasteiger partial charge in [0, 0.05) is 18.2 Å². The van der Waals surface area contributed by atoms with Gasteiger partial charge < -0.3 is 4.90 Å². The van der Waals surface area contributed by atoms with Gasteiger partial charge in [-0.3, -0.25) is 10.1 Å². The van der Waals surface area contributed by atoms with Gasteiger partial charge in [0.05, 0.1) is 0 Å². The summed E-state index contributed by atoms with van der Waals surface area (Å²) in [6.45, 7) is 5.23. The summed E-state index contributed by atoms with van der Waals surface area (Å²) >= 11 is 5.38. The third kappa shape index (κ3) is 4.03. The number of carbonyl (C=O) groups is 1. The summed E-state index contributed by atoms with van der Waals surface area (Å²) < 4.78 is 0. The van der Waals surface area contributed by atoms with Crippen LogP contribution in [0.2, 0.25) is 0 Å². The molecule has 19 heavy (non-hydrogen) atoms. The van der Waals surface area contributed by atoms with Crippen molar-refractivity contribution in [2.75, 3.05) is 6.54 Å². The highest BCUT2D eigenvalue weighted by molar-refractivity contribution is 7.80. The molecule has 1 aromatic carbocycles. The first-order valence-electron chi connectivity index (χ1n) is 6.75. The second-order valence-corrected chi connectivity index (χ2v) is 5.79. The largest absolute Gasteiger partial charge is 0.346 e. The number of hydrogen-bond donors (Lipinski definition) is 1. The minimum Gasteiger partial charge on any atom is -0.346 e.